The molecule has 2 aromatic heterocycles. The van der Waals surface area contributed by atoms with E-state index in [1.165, 1.54) is 29.9 Å². The molecule has 0 bridgehead atoms. The molecular weight excluding hydrogens is 585 g/mol. The SMILES string of the molecule is Cc1sc(C(=O)c2cncnc2N[C@@H]2C[C@H](COS(N)(=O)=O)[C@@H](O)C2)cc1[C@@H]1OCCc2ccc(C(F)(F)F)cc21. The Morgan fingerprint density at radius 3 is 2.78 bits per heavy atom. The number of ether oxygens (including phenoxy) is 1. The van der Waals surface area contributed by atoms with Crippen molar-refractivity contribution in [2.75, 3.05) is 18.5 Å². The summed E-state index contributed by atoms with van der Waals surface area (Å²) in [6.45, 7) is 1.84. The number of carbonyl (C=O) groups excluding carboxylic acids is 1. The number of alkyl halides is 3. The van der Waals surface area contributed by atoms with Crippen LogP contribution in [0.5, 0.6) is 0 Å². The molecule has 41 heavy (non-hydrogen) atoms. The van der Waals surface area contributed by atoms with Gasteiger partial charge in [0.25, 0.3) is 0 Å². The molecule has 4 atom stereocenters. The fourth-order valence-corrected chi connectivity index (χ4v) is 6.63. The highest BCUT2D eigenvalue weighted by atomic mass is 32.2. The minimum atomic E-state index is -4.50. The first-order chi connectivity index (χ1) is 19.3. The van der Waals surface area contributed by atoms with E-state index in [0.29, 0.717) is 35.5 Å². The Morgan fingerprint density at radius 2 is 2.05 bits per heavy atom. The number of halogens is 3. The fraction of sp³-hybridized carbons (Fsp3) is 0.423. The summed E-state index contributed by atoms with van der Waals surface area (Å²) in [5.74, 6) is -0.650. The van der Waals surface area contributed by atoms with Gasteiger partial charge in [-0.25, -0.2) is 15.1 Å². The summed E-state index contributed by atoms with van der Waals surface area (Å²) in [6.07, 6.45) is -2.38. The molecule has 10 nitrogen and oxygen atoms in total. The van der Waals surface area contributed by atoms with E-state index in [2.05, 4.69) is 19.5 Å². The van der Waals surface area contributed by atoms with Crippen LogP contribution in [0, 0.1) is 12.8 Å². The second kappa shape index (κ2) is 11.4. The van der Waals surface area contributed by atoms with Crippen LogP contribution in [0.1, 0.15) is 61.3 Å². The van der Waals surface area contributed by atoms with Crippen LogP contribution in [0.4, 0.5) is 19.0 Å². The maximum absolute atomic E-state index is 13.6. The molecule has 3 aromatic rings. The smallest absolute Gasteiger partial charge is 0.393 e. The number of aromatic nitrogens is 2. The van der Waals surface area contributed by atoms with Gasteiger partial charge in [0.2, 0.25) is 5.78 Å². The summed E-state index contributed by atoms with van der Waals surface area (Å²) in [7, 11) is -4.15. The average molecular weight is 613 g/mol. The number of fused-ring (bicyclic) bond motifs is 1. The molecule has 2 aliphatic rings. The molecular formula is C26H27F3N4O6S2. The van der Waals surface area contributed by atoms with Crippen molar-refractivity contribution in [2.45, 2.75) is 50.6 Å². The molecule has 1 aliphatic carbocycles. The van der Waals surface area contributed by atoms with Crippen molar-refractivity contribution < 1.29 is 40.4 Å². The van der Waals surface area contributed by atoms with E-state index in [4.69, 9.17) is 9.88 Å². The number of hydrogen-bond donors (Lipinski definition) is 3. The zero-order valence-corrected chi connectivity index (χ0v) is 23.4. The third-order valence-electron chi connectivity index (χ3n) is 7.28. The van der Waals surface area contributed by atoms with Gasteiger partial charge in [-0.2, -0.15) is 21.6 Å². The summed E-state index contributed by atoms with van der Waals surface area (Å²) in [5, 5.41) is 18.4. The number of rotatable bonds is 8. The number of aliphatic hydroxyl groups excluding tert-OH is 1. The predicted molar refractivity (Wildman–Crippen MR) is 143 cm³/mol. The van der Waals surface area contributed by atoms with Crippen LogP contribution < -0.4 is 10.5 Å². The lowest BCUT2D eigenvalue weighted by Gasteiger charge is -2.27. The Hall–Kier alpha value is -2.95. The van der Waals surface area contributed by atoms with Crippen LogP contribution in [0.25, 0.3) is 0 Å². The maximum atomic E-state index is 13.6. The number of ketones is 1. The maximum Gasteiger partial charge on any atom is 0.416 e. The van der Waals surface area contributed by atoms with Gasteiger partial charge in [0.15, 0.2) is 0 Å². The van der Waals surface area contributed by atoms with Gasteiger partial charge < -0.3 is 15.2 Å². The second-order valence-electron chi connectivity index (χ2n) is 10.1. The van der Waals surface area contributed by atoms with Gasteiger partial charge in [-0.3, -0.25) is 8.98 Å². The van der Waals surface area contributed by atoms with Gasteiger partial charge in [0, 0.05) is 23.0 Å². The van der Waals surface area contributed by atoms with Crippen LogP contribution in [0.3, 0.4) is 0 Å². The summed E-state index contributed by atoms with van der Waals surface area (Å²) in [4.78, 5) is 22.9. The highest BCUT2D eigenvalue weighted by Gasteiger charge is 2.36. The van der Waals surface area contributed by atoms with Crippen molar-refractivity contribution >= 4 is 33.2 Å². The molecule has 0 saturated heterocycles. The van der Waals surface area contributed by atoms with Gasteiger partial charge in [0.05, 0.1) is 35.3 Å². The van der Waals surface area contributed by atoms with Gasteiger partial charge in [-0.1, -0.05) is 6.07 Å². The number of nitrogens with zero attached hydrogens (tertiary/aromatic N) is 2. The number of carbonyl (C=O) groups is 1. The first-order valence-corrected chi connectivity index (χ1v) is 15.0. The van der Waals surface area contributed by atoms with Crippen molar-refractivity contribution in [3.8, 4) is 0 Å². The number of aliphatic hydroxyl groups is 1. The van der Waals surface area contributed by atoms with E-state index in [0.717, 1.165) is 22.6 Å². The Kier molecular flexibility index (Phi) is 8.20. The fourth-order valence-electron chi connectivity index (χ4n) is 5.26. The lowest BCUT2D eigenvalue weighted by molar-refractivity contribution is -0.137. The Labute approximate surface area is 238 Å². The number of benzene rings is 1. The largest absolute Gasteiger partial charge is 0.416 e. The number of thiophene rings is 1. The van der Waals surface area contributed by atoms with Crippen molar-refractivity contribution in [3.05, 3.63) is 74.4 Å². The number of nitrogens with two attached hydrogens (primary N) is 1. The molecule has 1 fully saturated rings. The lowest BCUT2D eigenvalue weighted by Crippen LogP contribution is -2.24. The van der Waals surface area contributed by atoms with Crippen molar-refractivity contribution in [3.63, 3.8) is 0 Å². The topological polar surface area (TPSA) is 154 Å². The van der Waals surface area contributed by atoms with Crippen LogP contribution in [0.2, 0.25) is 0 Å². The molecule has 0 spiro atoms. The summed E-state index contributed by atoms with van der Waals surface area (Å²) >= 11 is 1.20. The lowest BCUT2D eigenvalue weighted by atomic mass is 9.91. The van der Waals surface area contributed by atoms with Crippen LogP contribution >= 0.6 is 11.3 Å². The molecule has 220 valence electrons. The second-order valence-corrected chi connectivity index (χ2v) is 12.5. The van der Waals surface area contributed by atoms with Crippen LogP contribution in [-0.4, -0.2) is 54.6 Å². The quantitative estimate of drug-likeness (QED) is 0.324. The Balaban J connectivity index is 1.37. The highest BCUT2D eigenvalue weighted by molar-refractivity contribution is 7.84. The van der Waals surface area contributed by atoms with Crippen molar-refractivity contribution in [1.29, 1.82) is 0 Å². The van der Waals surface area contributed by atoms with Gasteiger partial charge in [0.1, 0.15) is 18.2 Å². The summed E-state index contributed by atoms with van der Waals surface area (Å²) in [5.41, 5.74) is 1.22. The average Bonchev–Trinajstić information content (AvgIpc) is 3.47. The molecule has 0 unspecified atom stereocenters. The number of nitrogens with one attached hydrogen (secondary N) is 1. The number of hydrogen-bond acceptors (Lipinski definition) is 10. The molecule has 1 aromatic carbocycles. The Morgan fingerprint density at radius 1 is 1.27 bits per heavy atom. The zero-order chi connectivity index (χ0) is 29.5. The van der Waals surface area contributed by atoms with E-state index in [-0.39, 0.29) is 36.2 Å². The normalized spacial score (nSPS) is 22.9. The zero-order valence-electron chi connectivity index (χ0n) is 21.7. The molecule has 3 heterocycles. The molecule has 0 radical (unpaired) electrons. The Bertz CT molecular complexity index is 1560. The van der Waals surface area contributed by atoms with Gasteiger partial charge in [-0.15, -0.1) is 11.3 Å². The molecule has 1 aliphatic heterocycles. The van der Waals surface area contributed by atoms with Gasteiger partial charge in [-0.05, 0) is 61.1 Å². The minimum absolute atomic E-state index is 0.170. The molecule has 15 heteroatoms. The van der Waals surface area contributed by atoms with E-state index in [1.54, 1.807) is 13.0 Å². The number of anilines is 1. The van der Waals surface area contributed by atoms with E-state index < -0.39 is 40.2 Å². The standard InChI is InChI=1S/C26H27F3N4O6S2/c1-13-18(24-19-7-16(26(27,28)29)3-2-14(19)4-5-38-24)9-22(40-13)23(35)20-10-31-12-32-25(20)33-17-6-15(21(34)8-17)11-39-41(30,36)37/h2-3,7,9-10,12,15,17,21,24,34H,4-6,8,11H2,1H3,(H2,30,36,37)(H,31,32,33)/t15-,17-,21+,24+/m1/s1. The van der Waals surface area contributed by atoms with E-state index >= 15 is 0 Å². The highest BCUT2D eigenvalue weighted by Crippen LogP contribution is 2.41. The summed E-state index contributed by atoms with van der Waals surface area (Å²) < 4.78 is 73.1. The van der Waals surface area contributed by atoms with Crippen molar-refractivity contribution in [1.82, 2.24) is 9.97 Å². The van der Waals surface area contributed by atoms with Crippen LogP contribution in [0.15, 0.2) is 36.8 Å². The van der Waals surface area contributed by atoms with E-state index in [1.807, 2.05) is 0 Å². The summed E-state index contributed by atoms with van der Waals surface area (Å²) in [6, 6.07) is 4.96. The third kappa shape index (κ3) is 6.60. The minimum Gasteiger partial charge on any atom is -0.393 e. The van der Waals surface area contributed by atoms with E-state index in [9.17, 15) is 31.5 Å². The first kappa shape index (κ1) is 29.5. The first-order valence-electron chi connectivity index (χ1n) is 12.7. The van der Waals surface area contributed by atoms with Crippen LogP contribution in [-0.2, 0) is 31.8 Å². The molecule has 0 amide bonds. The molecule has 5 rings (SSSR count). The molecule has 1 saturated carbocycles. The number of aryl methyl sites for hydroxylation is 1. The molecule has 4 N–H and O–H groups in total. The van der Waals surface area contributed by atoms with Crippen molar-refractivity contribution in [2.24, 2.45) is 11.1 Å². The predicted octanol–water partition coefficient (Wildman–Crippen LogP) is 3.53. The van der Waals surface area contributed by atoms with Gasteiger partial charge >= 0.3 is 16.5 Å². The third-order valence-corrected chi connectivity index (χ3v) is 8.81. The monoisotopic (exact) mass is 612 g/mol.